The molecule has 0 radical (unpaired) electrons. The fourth-order valence-corrected chi connectivity index (χ4v) is 2.60. The smallest absolute Gasteiger partial charge is 0.261 e. The molecule has 20 heavy (non-hydrogen) atoms. The summed E-state index contributed by atoms with van der Waals surface area (Å²) < 4.78 is 10.6. The highest BCUT2D eigenvalue weighted by Crippen LogP contribution is 2.30. The van der Waals surface area contributed by atoms with Crippen LogP contribution in [0.5, 0.6) is 11.5 Å². The van der Waals surface area contributed by atoms with Crippen molar-refractivity contribution in [2.45, 2.75) is 18.9 Å². The van der Waals surface area contributed by atoms with Gasteiger partial charge in [0.05, 0.1) is 14.2 Å². The van der Waals surface area contributed by atoms with Crippen molar-refractivity contribution in [2.75, 3.05) is 34.4 Å². The van der Waals surface area contributed by atoms with E-state index in [0.29, 0.717) is 17.1 Å². The molecule has 0 bridgehead atoms. The zero-order chi connectivity index (χ0) is 14.5. The Morgan fingerprint density at radius 1 is 1.20 bits per heavy atom. The fourth-order valence-electron chi connectivity index (χ4n) is 2.60. The second-order valence-corrected chi connectivity index (χ2v) is 4.93. The Balaban J connectivity index is 2.27. The minimum absolute atomic E-state index is 0.0498. The molecule has 2 rings (SSSR count). The first-order chi connectivity index (χ1) is 9.69. The van der Waals surface area contributed by atoms with Gasteiger partial charge in [0.25, 0.3) is 5.91 Å². The third-order valence-corrected chi connectivity index (χ3v) is 3.82. The van der Waals surface area contributed by atoms with Crippen molar-refractivity contribution >= 4 is 5.91 Å². The number of amides is 1. The zero-order valence-corrected chi connectivity index (χ0v) is 12.3. The molecule has 1 fully saturated rings. The normalized spacial score (nSPS) is 15.8. The van der Waals surface area contributed by atoms with Crippen LogP contribution in [0, 0.1) is 0 Å². The Morgan fingerprint density at radius 2 is 1.75 bits per heavy atom. The molecule has 110 valence electrons. The van der Waals surface area contributed by atoms with E-state index < -0.39 is 0 Å². The van der Waals surface area contributed by atoms with Crippen molar-refractivity contribution in [3.05, 3.63) is 23.8 Å². The summed E-state index contributed by atoms with van der Waals surface area (Å²) in [5.41, 5.74) is 0.499. The molecule has 5 nitrogen and oxygen atoms in total. The molecule has 0 atom stereocenters. The van der Waals surface area contributed by atoms with Crippen LogP contribution in [0.2, 0.25) is 0 Å². The Hall–Kier alpha value is -1.75. The first-order valence-corrected chi connectivity index (χ1v) is 6.88. The van der Waals surface area contributed by atoms with E-state index in [4.69, 9.17) is 9.47 Å². The van der Waals surface area contributed by atoms with Gasteiger partial charge in [-0.2, -0.15) is 0 Å². The number of hydrogen-bond acceptors (Lipinski definition) is 4. The highest BCUT2D eigenvalue weighted by molar-refractivity contribution is 5.99. The average Bonchev–Trinajstić information content (AvgIpc) is 2.53. The summed E-state index contributed by atoms with van der Waals surface area (Å²) >= 11 is 0. The number of carbonyl (C=O) groups excluding carboxylic acids is 1. The number of benzene rings is 1. The van der Waals surface area contributed by atoms with Gasteiger partial charge in [0.1, 0.15) is 17.1 Å². The minimum atomic E-state index is -0.0498. The van der Waals surface area contributed by atoms with E-state index in [1.807, 2.05) is 13.1 Å². The molecule has 0 spiro atoms. The first-order valence-electron chi connectivity index (χ1n) is 6.88. The molecule has 1 N–H and O–H groups in total. The summed E-state index contributed by atoms with van der Waals surface area (Å²) in [6.07, 6.45) is 1.94. The number of methoxy groups -OCH3 is 2. The van der Waals surface area contributed by atoms with Gasteiger partial charge in [-0.25, -0.2) is 0 Å². The van der Waals surface area contributed by atoms with Crippen LogP contribution in [0.3, 0.4) is 0 Å². The molecule has 1 amide bonds. The van der Waals surface area contributed by atoms with Crippen LogP contribution >= 0.6 is 0 Å². The van der Waals surface area contributed by atoms with E-state index in [-0.39, 0.29) is 11.9 Å². The molecule has 1 aromatic rings. The second-order valence-electron chi connectivity index (χ2n) is 4.93. The SMILES string of the molecule is COc1cccc(OC)c1C(=O)N(C)C1CCNCC1. The highest BCUT2D eigenvalue weighted by Gasteiger charge is 2.27. The van der Waals surface area contributed by atoms with Crippen molar-refractivity contribution in [1.82, 2.24) is 10.2 Å². The minimum Gasteiger partial charge on any atom is -0.496 e. The van der Waals surface area contributed by atoms with Crippen molar-refractivity contribution in [3.63, 3.8) is 0 Å². The van der Waals surface area contributed by atoms with Crippen LogP contribution < -0.4 is 14.8 Å². The van der Waals surface area contributed by atoms with Gasteiger partial charge in [0.15, 0.2) is 0 Å². The predicted octanol–water partition coefficient (Wildman–Crippen LogP) is 1.53. The number of rotatable bonds is 4. The summed E-state index contributed by atoms with van der Waals surface area (Å²) in [5.74, 6) is 1.05. The zero-order valence-electron chi connectivity index (χ0n) is 12.3. The lowest BCUT2D eigenvalue weighted by atomic mass is 10.0. The lowest BCUT2D eigenvalue weighted by molar-refractivity contribution is 0.0696. The molecule has 1 saturated heterocycles. The molecule has 0 unspecified atom stereocenters. The number of piperidine rings is 1. The Morgan fingerprint density at radius 3 is 2.25 bits per heavy atom. The Labute approximate surface area is 119 Å². The van der Waals surface area contributed by atoms with Gasteiger partial charge in [0.2, 0.25) is 0 Å². The average molecular weight is 278 g/mol. The quantitative estimate of drug-likeness (QED) is 0.907. The van der Waals surface area contributed by atoms with Gasteiger partial charge in [-0.15, -0.1) is 0 Å². The Kier molecular flexibility index (Phi) is 4.84. The van der Waals surface area contributed by atoms with Crippen molar-refractivity contribution in [1.29, 1.82) is 0 Å². The van der Waals surface area contributed by atoms with Crippen LogP contribution in [0.25, 0.3) is 0 Å². The maximum absolute atomic E-state index is 12.7. The Bertz CT molecular complexity index is 448. The summed E-state index contributed by atoms with van der Waals surface area (Å²) in [6, 6.07) is 5.65. The fraction of sp³-hybridized carbons (Fsp3) is 0.533. The van der Waals surface area contributed by atoms with Gasteiger partial charge in [0, 0.05) is 13.1 Å². The van der Waals surface area contributed by atoms with Gasteiger partial charge in [-0.05, 0) is 38.1 Å². The number of nitrogens with zero attached hydrogens (tertiary/aromatic N) is 1. The van der Waals surface area contributed by atoms with Crippen LogP contribution in [0.15, 0.2) is 18.2 Å². The maximum Gasteiger partial charge on any atom is 0.261 e. The van der Waals surface area contributed by atoms with Crippen LogP contribution in [0.4, 0.5) is 0 Å². The molecule has 0 aliphatic carbocycles. The maximum atomic E-state index is 12.7. The van der Waals surface area contributed by atoms with E-state index in [2.05, 4.69) is 5.32 Å². The molecular weight excluding hydrogens is 256 g/mol. The molecule has 1 aliphatic heterocycles. The van der Waals surface area contributed by atoms with Crippen molar-refractivity contribution in [3.8, 4) is 11.5 Å². The molecule has 1 heterocycles. The number of carbonyl (C=O) groups is 1. The van der Waals surface area contributed by atoms with Gasteiger partial charge in [-0.1, -0.05) is 6.07 Å². The monoisotopic (exact) mass is 278 g/mol. The van der Waals surface area contributed by atoms with Crippen molar-refractivity contribution < 1.29 is 14.3 Å². The summed E-state index contributed by atoms with van der Waals surface area (Å²) in [6.45, 7) is 1.90. The van der Waals surface area contributed by atoms with E-state index in [1.165, 1.54) is 0 Å². The van der Waals surface area contributed by atoms with Crippen molar-refractivity contribution in [2.24, 2.45) is 0 Å². The molecular formula is C15H22N2O3. The third kappa shape index (κ3) is 2.88. The molecule has 5 heteroatoms. The van der Waals surface area contributed by atoms with E-state index in [1.54, 1.807) is 31.3 Å². The largest absolute Gasteiger partial charge is 0.496 e. The lowest BCUT2D eigenvalue weighted by Gasteiger charge is -2.32. The van der Waals surface area contributed by atoms with Crippen LogP contribution in [-0.2, 0) is 0 Å². The molecule has 0 aromatic heterocycles. The lowest BCUT2D eigenvalue weighted by Crippen LogP contribution is -2.44. The van der Waals surface area contributed by atoms with E-state index in [0.717, 1.165) is 25.9 Å². The standard InChI is InChI=1S/C15H22N2O3/c1-17(11-7-9-16-10-8-11)15(18)14-12(19-2)5-4-6-13(14)20-3/h4-6,11,16H,7-10H2,1-3H3. The second kappa shape index (κ2) is 6.61. The number of nitrogens with one attached hydrogen (secondary N) is 1. The predicted molar refractivity (Wildman–Crippen MR) is 77.5 cm³/mol. The first kappa shape index (κ1) is 14.7. The van der Waals surface area contributed by atoms with Crippen LogP contribution in [0.1, 0.15) is 23.2 Å². The van der Waals surface area contributed by atoms with E-state index in [9.17, 15) is 4.79 Å². The molecule has 1 aromatic carbocycles. The molecule has 0 saturated carbocycles. The number of hydrogen-bond donors (Lipinski definition) is 1. The topological polar surface area (TPSA) is 50.8 Å². The van der Waals surface area contributed by atoms with Gasteiger partial charge in [-0.3, -0.25) is 4.79 Å². The molecule has 1 aliphatic rings. The summed E-state index contributed by atoms with van der Waals surface area (Å²) in [7, 11) is 4.98. The summed E-state index contributed by atoms with van der Waals surface area (Å²) in [5, 5.41) is 3.31. The van der Waals surface area contributed by atoms with E-state index >= 15 is 0 Å². The number of ether oxygens (including phenoxy) is 2. The summed E-state index contributed by atoms with van der Waals surface area (Å²) in [4.78, 5) is 14.6. The van der Waals surface area contributed by atoms with Crippen LogP contribution in [-0.4, -0.2) is 51.2 Å². The third-order valence-electron chi connectivity index (χ3n) is 3.82. The van der Waals surface area contributed by atoms with Gasteiger partial charge >= 0.3 is 0 Å². The van der Waals surface area contributed by atoms with Gasteiger partial charge < -0.3 is 19.7 Å². The highest BCUT2D eigenvalue weighted by atomic mass is 16.5.